The number of carbonyl (C=O) groups excluding carboxylic acids is 2. The van der Waals surface area contributed by atoms with E-state index < -0.39 is 26.5 Å². The van der Waals surface area contributed by atoms with Crippen molar-refractivity contribution >= 4 is 19.8 Å². The van der Waals surface area contributed by atoms with Crippen LogP contribution >= 0.6 is 7.82 Å². The lowest BCUT2D eigenvalue weighted by atomic mass is 10.0. The summed E-state index contributed by atoms with van der Waals surface area (Å²) in [5.41, 5.74) is 5.38. The summed E-state index contributed by atoms with van der Waals surface area (Å²) in [7, 11) is -4.39. The molecule has 10 heteroatoms. The molecule has 0 heterocycles. The van der Waals surface area contributed by atoms with Gasteiger partial charge in [0.05, 0.1) is 13.2 Å². The van der Waals surface area contributed by atoms with E-state index >= 15 is 0 Å². The summed E-state index contributed by atoms with van der Waals surface area (Å²) in [6.45, 7) is 3.78. The van der Waals surface area contributed by atoms with Gasteiger partial charge in [-0.25, -0.2) is 4.57 Å². The van der Waals surface area contributed by atoms with E-state index in [-0.39, 0.29) is 38.6 Å². The zero-order chi connectivity index (χ0) is 53.1. The molecule has 0 aromatic heterocycles. The van der Waals surface area contributed by atoms with Crippen LogP contribution in [-0.2, 0) is 32.7 Å². The van der Waals surface area contributed by atoms with E-state index in [0.717, 1.165) is 51.4 Å². The van der Waals surface area contributed by atoms with Crippen LogP contribution in [0.2, 0.25) is 0 Å². The Morgan fingerprint density at radius 2 is 0.712 bits per heavy atom. The lowest BCUT2D eigenvalue weighted by Gasteiger charge is -2.19. The Morgan fingerprint density at radius 1 is 0.411 bits per heavy atom. The Hall–Kier alpha value is -1.51. The van der Waals surface area contributed by atoms with Crippen LogP contribution in [0.1, 0.15) is 335 Å². The Kier molecular flexibility index (Phi) is 58.5. The summed E-state index contributed by atoms with van der Waals surface area (Å²) < 4.78 is 33.1. The number of hydrogen-bond acceptors (Lipinski definition) is 8. The Bertz CT molecular complexity index is 1250. The van der Waals surface area contributed by atoms with E-state index in [1.807, 2.05) is 0 Å². The SMILES string of the molecule is CCCCCC/C=C\C/C=C\CCCCCCCCCC(=O)OC(COC(=O)CCCCCCCCCCCCCCCCCCCCCCCCCCCCCCCCCCCC)COP(=O)(O)OCCN. The summed E-state index contributed by atoms with van der Waals surface area (Å²) in [4.78, 5) is 35.2. The average Bonchev–Trinajstić information content (AvgIpc) is 3.38. The molecule has 0 fully saturated rings. The number of allylic oxidation sites excluding steroid dienone is 4. The predicted molar refractivity (Wildman–Crippen MR) is 312 cm³/mol. The molecular weight excluding hydrogens is 930 g/mol. The van der Waals surface area contributed by atoms with E-state index in [2.05, 4.69) is 38.2 Å². The first-order valence-corrected chi connectivity index (χ1v) is 33.3. The molecule has 432 valence electrons. The highest BCUT2D eigenvalue weighted by Crippen LogP contribution is 2.43. The number of ether oxygens (including phenoxy) is 2. The Morgan fingerprint density at radius 3 is 1.05 bits per heavy atom. The van der Waals surface area contributed by atoms with Gasteiger partial charge in [-0.05, 0) is 44.9 Å². The number of phosphoric acid groups is 1. The summed E-state index contributed by atoms with van der Waals surface area (Å²) in [5.74, 6) is -0.819. The number of phosphoric ester groups is 1. The van der Waals surface area contributed by atoms with Crippen molar-refractivity contribution < 1.29 is 37.6 Å². The van der Waals surface area contributed by atoms with E-state index in [4.69, 9.17) is 24.3 Å². The van der Waals surface area contributed by atoms with Crippen molar-refractivity contribution in [3.05, 3.63) is 24.3 Å². The molecule has 0 rings (SSSR count). The highest BCUT2D eigenvalue weighted by molar-refractivity contribution is 7.47. The maximum absolute atomic E-state index is 12.7. The molecule has 0 radical (unpaired) electrons. The Balaban J connectivity index is 3.80. The third kappa shape index (κ3) is 59.6. The minimum Gasteiger partial charge on any atom is -0.462 e. The van der Waals surface area contributed by atoms with Crippen molar-refractivity contribution in [1.29, 1.82) is 0 Å². The van der Waals surface area contributed by atoms with Gasteiger partial charge in [0, 0.05) is 19.4 Å². The monoisotopic (exact) mass is 1050 g/mol. The minimum atomic E-state index is -4.39. The van der Waals surface area contributed by atoms with Crippen molar-refractivity contribution in [3.63, 3.8) is 0 Å². The summed E-state index contributed by atoms with van der Waals surface area (Å²) >= 11 is 0. The van der Waals surface area contributed by atoms with Crippen LogP contribution in [0.25, 0.3) is 0 Å². The van der Waals surface area contributed by atoms with E-state index in [1.165, 1.54) is 250 Å². The molecule has 3 N–H and O–H groups in total. The van der Waals surface area contributed by atoms with Crippen LogP contribution in [0.5, 0.6) is 0 Å². The molecule has 0 aliphatic heterocycles. The van der Waals surface area contributed by atoms with Crippen LogP contribution in [0.15, 0.2) is 24.3 Å². The van der Waals surface area contributed by atoms with E-state index in [0.29, 0.717) is 6.42 Å². The van der Waals surface area contributed by atoms with Gasteiger partial charge in [-0.15, -0.1) is 0 Å². The van der Waals surface area contributed by atoms with Gasteiger partial charge in [-0.3, -0.25) is 18.6 Å². The second-order valence-corrected chi connectivity index (χ2v) is 23.1. The zero-order valence-electron chi connectivity index (χ0n) is 48.4. The first-order chi connectivity index (χ1) is 35.8. The van der Waals surface area contributed by atoms with Gasteiger partial charge in [-0.1, -0.05) is 301 Å². The highest BCUT2D eigenvalue weighted by atomic mass is 31.2. The summed E-state index contributed by atoms with van der Waals surface area (Å²) in [6.07, 6.45) is 71.3. The first-order valence-electron chi connectivity index (χ1n) is 31.8. The summed E-state index contributed by atoms with van der Waals surface area (Å²) in [5, 5.41) is 0. The van der Waals surface area contributed by atoms with Gasteiger partial charge in [0.25, 0.3) is 0 Å². The summed E-state index contributed by atoms with van der Waals surface area (Å²) in [6, 6.07) is 0. The molecule has 0 amide bonds. The zero-order valence-corrected chi connectivity index (χ0v) is 49.3. The molecule has 9 nitrogen and oxygen atoms in total. The second kappa shape index (κ2) is 59.7. The standard InChI is InChI=1S/C63H122NO8P/c1-3-5-7-9-11-13-15-17-19-21-23-24-25-26-27-28-29-30-31-32-33-34-35-36-37-38-40-41-43-45-47-49-51-53-55-62(65)69-59-61(60-71-73(67,68)70-58-57-64)72-63(66)56-54-52-50-48-46-44-42-39-22-20-18-16-14-12-10-8-6-4-2/h14,16,20,22,61H,3-13,15,17-19,21,23-60,64H2,1-2H3,(H,67,68)/b16-14-,22-20-. The second-order valence-electron chi connectivity index (χ2n) is 21.6. The van der Waals surface area contributed by atoms with Gasteiger partial charge in [0.2, 0.25) is 0 Å². The number of hydrogen-bond donors (Lipinski definition) is 2. The quantitative estimate of drug-likeness (QED) is 0.0264. The smallest absolute Gasteiger partial charge is 0.462 e. The van der Waals surface area contributed by atoms with Gasteiger partial charge in [-0.2, -0.15) is 0 Å². The Labute approximate surface area is 452 Å². The fourth-order valence-electron chi connectivity index (χ4n) is 9.61. The van der Waals surface area contributed by atoms with Crippen LogP contribution in [0, 0.1) is 0 Å². The third-order valence-corrected chi connectivity index (χ3v) is 15.3. The molecule has 2 unspecified atom stereocenters. The van der Waals surface area contributed by atoms with E-state index in [9.17, 15) is 19.0 Å². The molecule has 0 aromatic rings. The van der Waals surface area contributed by atoms with Crippen molar-refractivity contribution in [3.8, 4) is 0 Å². The fourth-order valence-corrected chi connectivity index (χ4v) is 10.4. The van der Waals surface area contributed by atoms with Crippen LogP contribution in [-0.4, -0.2) is 49.3 Å². The molecule has 0 aliphatic carbocycles. The van der Waals surface area contributed by atoms with Crippen LogP contribution < -0.4 is 5.73 Å². The van der Waals surface area contributed by atoms with Crippen molar-refractivity contribution in [1.82, 2.24) is 0 Å². The number of unbranched alkanes of at least 4 members (excludes halogenated alkanes) is 44. The number of carbonyl (C=O) groups is 2. The lowest BCUT2D eigenvalue weighted by molar-refractivity contribution is -0.161. The molecule has 0 saturated heterocycles. The van der Waals surface area contributed by atoms with Crippen molar-refractivity contribution in [2.75, 3.05) is 26.4 Å². The van der Waals surface area contributed by atoms with Gasteiger partial charge < -0.3 is 20.1 Å². The average molecular weight is 1050 g/mol. The molecule has 73 heavy (non-hydrogen) atoms. The maximum atomic E-state index is 12.7. The van der Waals surface area contributed by atoms with Gasteiger partial charge in [0.1, 0.15) is 6.61 Å². The predicted octanol–water partition coefficient (Wildman–Crippen LogP) is 20.2. The van der Waals surface area contributed by atoms with Gasteiger partial charge >= 0.3 is 19.8 Å². The van der Waals surface area contributed by atoms with Crippen molar-refractivity contribution in [2.45, 2.75) is 341 Å². The number of esters is 2. The molecule has 0 spiro atoms. The fraction of sp³-hybridized carbons (Fsp3) is 0.905. The van der Waals surface area contributed by atoms with Crippen LogP contribution in [0.4, 0.5) is 0 Å². The molecule has 0 aliphatic rings. The minimum absolute atomic E-state index is 0.0540. The maximum Gasteiger partial charge on any atom is 0.472 e. The molecule has 0 aromatic carbocycles. The van der Waals surface area contributed by atoms with Crippen molar-refractivity contribution in [2.24, 2.45) is 5.73 Å². The third-order valence-electron chi connectivity index (χ3n) is 14.3. The van der Waals surface area contributed by atoms with Gasteiger partial charge in [0.15, 0.2) is 6.10 Å². The van der Waals surface area contributed by atoms with Crippen LogP contribution in [0.3, 0.4) is 0 Å². The molecule has 0 bridgehead atoms. The number of nitrogens with two attached hydrogens (primary N) is 1. The lowest BCUT2D eigenvalue weighted by Crippen LogP contribution is -2.29. The largest absolute Gasteiger partial charge is 0.472 e. The number of rotatable bonds is 61. The topological polar surface area (TPSA) is 134 Å². The molecular formula is C63H122NO8P. The molecule has 0 saturated carbocycles. The molecule has 2 atom stereocenters. The first kappa shape index (κ1) is 71.5. The highest BCUT2D eigenvalue weighted by Gasteiger charge is 2.26. The van der Waals surface area contributed by atoms with E-state index in [1.54, 1.807) is 0 Å². The normalized spacial score (nSPS) is 13.1.